The molecular weight excluding hydrogens is 340 g/mol. The lowest BCUT2D eigenvalue weighted by Crippen LogP contribution is -3.04. The summed E-state index contributed by atoms with van der Waals surface area (Å²) in [5.41, 5.74) is 2.48. The third-order valence-corrected chi connectivity index (χ3v) is 5.22. The molecule has 3 nitrogen and oxygen atoms in total. The number of thioether (sulfide) groups is 1. The summed E-state index contributed by atoms with van der Waals surface area (Å²) in [7, 11) is 4.27. The van der Waals surface area contributed by atoms with E-state index in [1.807, 2.05) is 18.2 Å². The van der Waals surface area contributed by atoms with E-state index in [9.17, 15) is 4.79 Å². The van der Waals surface area contributed by atoms with E-state index < -0.39 is 0 Å². The number of rotatable bonds is 7. The Kier molecular flexibility index (Phi) is 6.31. The quantitative estimate of drug-likeness (QED) is 0.631. The summed E-state index contributed by atoms with van der Waals surface area (Å²) in [5.74, 6) is 0.495. The second-order valence-electron chi connectivity index (χ2n) is 6.73. The van der Waals surface area contributed by atoms with Crippen molar-refractivity contribution in [2.45, 2.75) is 18.0 Å². The molecule has 3 aromatic carbocycles. The van der Waals surface area contributed by atoms with Gasteiger partial charge in [-0.3, -0.25) is 4.79 Å². The predicted molar refractivity (Wildman–Crippen MR) is 109 cm³/mol. The van der Waals surface area contributed by atoms with Crippen molar-refractivity contribution in [2.75, 3.05) is 19.8 Å². The summed E-state index contributed by atoms with van der Waals surface area (Å²) in [5, 5.41) is 5.48. The lowest BCUT2D eigenvalue weighted by atomic mass is 10.1. The summed E-state index contributed by atoms with van der Waals surface area (Å²) >= 11 is 1.58. The number of amides is 1. The number of carbonyl (C=O) groups excluding carboxylic acids is 1. The zero-order valence-corrected chi connectivity index (χ0v) is 16.1. The van der Waals surface area contributed by atoms with Gasteiger partial charge in [0.15, 0.2) is 0 Å². The Morgan fingerprint density at radius 2 is 1.62 bits per heavy atom. The van der Waals surface area contributed by atoms with Gasteiger partial charge in [0.25, 0.3) is 0 Å². The van der Waals surface area contributed by atoms with Crippen LogP contribution in [0.5, 0.6) is 0 Å². The van der Waals surface area contributed by atoms with Gasteiger partial charge in [0.2, 0.25) is 5.91 Å². The number of carbonyl (C=O) groups is 1. The van der Waals surface area contributed by atoms with Gasteiger partial charge in [-0.05, 0) is 28.5 Å². The van der Waals surface area contributed by atoms with Crippen molar-refractivity contribution < 1.29 is 9.69 Å². The van der Waals surface area contributed by atoms with Crippen molar-refractivity contribution in [2.24, 2.45) is 0 Å². The van der Waals surface area contributed by atoms with Crippen LogP contribution in [0.2, 0.25) is 0 Å². The third kappa shape index (κ3) is 5.10. The molecule has 3 aromatic rings. The smallest absolute Gasteiger partial charge is 0.230 e. The topological polar surface area (TPSA) is 33.5 Å². The summed E-state index contributed by atoms with van der Waals surface area (Å²) < 4.78 is 0. The Balaban J connectivity index is 1.54. The maximum absolute atomic E-state index is 12.2. The fraction of sp³-hybridized carbons (Fsp3) is 0.227. The minimum atomic E-state index is 0.0650. The van der Waals surface area contributed by atoms with Gasteiger partial charge in [0.1, 0.15) is 6.54 Å². The van der Waals surface area contributed by atoms with Crippen molar-refractivity contribution >= 4 is 28.4 Å². The minimum absolute atomic E-state index is 0.0650. The Hall–Kier alpha value is -2.30. The summed E-state index contributed by atoms with van der Waals surface area (Å²) in [4.78, 5) is 14.7. The second kappa shape index (κ2) is 8.88. The molecule has 1 amide bonds. The zero-order valence-electron chi connectivity index (χ0n) is 15.3. The molecule has 26 heavy (non-hydrogen) atoms. The number of fused-ring (bicyclic) bond motifs is 1. The van der Waals surface area contributed by atoms with Gasteiger partial charge in [-0.15, -0.1) is 11.8 Å². The number of hydrogen-bond donors (Lipinski definition) is 2. The van der Waals surface area contributed by atoms with Crippen LogP contribution in [0.3, 0.4) is 0 Å². The van der Waals surface area contributed by atoms with E-state index in [0.717, 1.165) is 11.4 Å². The van der Waals surface area contributed by atoms with Gasteiger partial charge < -0.3 is 10.2 Å². The first-order chi connectivity index (χ1) is 12.6. The lowest BCUT2D eigenvalue weighted by Gasteiger charge is -2.13. The third-order valence-electron chi connectivity index (χ3n) is 4.23. The molecule has 0 aliphatic heterocycles. The van der Waals surface area contributed by atoms with E-state index in [0.29, 0.717) is 12.3 Å². The molecule has 0 saturated heterocycles. The van der Waals surface area contributed by atoms with Crippen molar-refractivity contribution in [1.29, 1.82) is 0 Å². The highest BCUT2D eigenvalue weighted by atomic mass is 32.2. The molecule has 0 fully saturated rings. The van der Waals surface area contributed by atoms with E-state index in [1.54, 1.807) is 11.8 Å². The minimum Gasteiger partial charge on any atom is -0.351 e. The van der Waals surface area contributed by atoms with Gasteiger partial charge in [-0.25, -0.2) is 0 Å². The SMILES string of the molecule is C[NH+](C)Cc1ccccc1CNC(=O)CSc1ccc2ccccc2c1. The average Bonchev–Trinajstić information content (AvgIpc) is 2.65. The fourth-order valence-electron chi connectivity index (χ4n) is 2.93. The summed E-state index contributed by atoms with van der Waals surface area (Å²) in [6.45, 7) is 1.54. The number of nitrogens with one attached hydrogen (secondary N) is 2. The molecule has 2 N–H and O–H groups in total. The fourth-order valence-corrected chi connectivity index (χ4v) is 3.71. The van der Waals surface area contributed by atoms with Crippen LogP contribution < -0.4 is 10.2 Å². The Labute approximate surface area is 159 Å². The van der Waals surface area contributed by atoms with Gasteiger partial charge in [-0.2, -0.15) is 0 Å². The molecule has 0 atom stereocenters. The van der Waals surface area contributed by atoms with Crippen molar-refractivity contribution in [3.05, 3.63) is 77.9 Å². The number of benzene rings is 3. The maximum Gasteiger partial charge on any atom is 0.230 e. The average molecular weight is 366 g/mol. The molecule has 134 valence electrons. The van der Waals surface area contributed by atoms with E-state index in [-0.39, 0.29) is 5.91 Å². The molecular formula is C22H25N2OS+. The standard InChI is InChI=1S/C22H24N2OS/c1-24(2)15-20-10-6-5-9-19(20)14-23-22(25)16-26-21-12-11-17-7-3-4-8-18(17)13-21/h3-13H,14-16H2,1-2H3,(H,23,25)/p+1. The molecule has 0 spiro atoms. The number of hydrogen-bond acceptors (Lipinski definition) is 2. The van der Waals surface area contributed by atoms with Crippen LogP contribution in [0.1, 0.15) is 11.1 Å². The van der Waals surface area contributed by atoms with Crippen LogP contribution in [-0.2, 0) is 17.9 Å². The second-order valence-corrected chi connectivity index (χ2v) is 7.78. The van der Waals surface area contributed by atoms with E-state index >= 15 is 0 Å². The first-order valence-corrected chi connectivity index (χ1v) is 9.84. The highest BCUT2D eigenvalue weighted by molar-refractivity contribution is 8.00. The first kappa shape index (κ1) is 18.5. The van der Waals surface area contributed by atoms with Gasteiger partial charge in [0.05, 0.1) is 19.8 Å². The predicted octanol–water partition coefficient (Wildman–Crippen LogP) is 2.89. The molecule has 0 aliphatic rings. The zero-order chi connectivity index (χ0) is 18.4. The highest BCUT2D eigenvalue weighted by Gasteiger charge is 2.08. The van der Waals surface area contributed by atoms with Crippen LogP contribution >= 0.6 is 11.8 Å². The van der Waals surface area contributed by atoms with Crippen LogP contribution in [0.4, 0.5) is 0 Å². The molecule has 0 unspecified atom stereocenters. The normalized spacial score (nSPS) is 11.0. The molecule has 0 bridgehead atoms. The summed E-state index contributed by atoms with van der Waals surface area (Å²) in [6.07, 6.45) is 0. The Bertz CT molecular complexity index is 892. The van der Waals surface area contributed by atoms with Gasteiger partial charge >= 0.3 is 0 Å². The Morgan fingerprint density at radius 3 is 2.38 bits per heavy atom. The molecule has 0 radical (unpaired) electrons. The number of quaternary nitrogens is 1. The van der Waals surface area contributed by atoms with Crippen molar-refractivity contribution in [1.82, 2.24) is 5.32 Å². The maximum atomic E-state index is 12.2. The molecule has 0 heterocycles. The Morgan fingerprint density at radius 1 is 0.923 bits per heavy atom. The van der Waals surface area contributed by atoms with E-state index in [4.69, 9.17) is 0 Å². The van der Waals surface area contributed by atoms with Crippen LogP contribution in [0.15, 0.2) is 71.6 Å². The van der Waals surface area contributed by atoms with Crippen molar-refractivity contribution in [3.63, 3.8) is 0 Å². The van der Waals surface area contributed by atoms with Crippen LogP contribution in [-0.4, -0.2) is 25.8 Å². The molecule has 0 saturated carbocycles. The lowest BCUT2D eigenvalue weighted by molar-refractivity contribution is -0.872. The van der Waals surface area contributed by atoms with Gasteiger partial charge in [0, 0.05) is 17.0 Å². The van der Waals surface area contributed by atoms with Crippen molar-refractivity contribution in [3.8, 4) is 0 Å². The monoisotopic (exact) mass is 365 g/mol. The first-order valence-electron chi connectivity index (χ1n) is 8.86. The largest absolute Gasteiger partial charge is 0.351 e. The molecule has 3 rings (SSSR count). The van der Waals surface area contributed by atoms with E-state index in [2.05, 4.69) is 67.9 Å². The molecule has 4 heteroatoms. The summed E-state index contributed by atoms with van der Waals surface area (Å²) in [6, 6.07) is 22.9. The molecule has 0 aromatic heterocycles. The van der Waals surface area contributed by atoms with Crippen LogP contribution in [0.25, 0.3) is 10.8 Å². The van der Waals surface area contributed by atoms with Gasteiger partial charge in [-0.1, -0.05) is 54.6 Å². The highest BCUT2D eigenvalue weighted by Crippen LogP contribution is 2.23. The van der Waals surface area contributed by atoms with E-state index in [1.165, 1.54) is 26.8 Å². The molecule has 0 aliphatic carbocycles. The van der Waals surface area contributed by atoms with Crippen LogP contribution in [0, 0.1) is 0 Å².